The van der Waals surface area contributed by atoms with Crippen LogP contribution in [0.2, 0.25) is 0 Å². The van der Waals surface area contributed by atoms with Gasteiger partial charge in [0.2, 0.25) is 0 Å². The molecule has 0 unspecified atom stereocenters. The molecule has 0 aliphatic heterocycles. The molecule has 1 aromatic heterocycles. The molecule has 0 spiro atoms. The average Bonchev–Trinajstić information content (AvgIpc) is 2.58. The van der Waals surface area contributed by atoms with E-state index in [-0.39, 0.29) is 5.56 Å². The van der Waals surface area contributed by atoms with Gasteiger partial charge < -0.3 is 4.74 Å². The number of benzene rings is 1. The third-order valence-electron chi connectivity index (χ3n) is 1.97. The Kier molecular flexibility index (Phi) is 2.10. The lowest BCUT2D eigenvalue weighted by Gasteiger charge is -1.97. The van der Waals surface area contributed by atoms with Gasteiger partial charge in [-0.25, -0.2) is 4.39 Å². The highest BCUT2D eigenvalue weighted by Crippen LogP contribution is 2.33. The van der Waals surface area contributed by atoms with Gasteiger partial charge in [0.15, 0.2) is 0 Å². The molecule has 1 aromatic carbocycles. The second-order valence-electron chi connectivity index (χ2n) is 2.74. The van der Waals surface area contributed by atoms with Gasteiger partial charge in [0.25, 0.3) is 0 Å². The average molecular weight is 207 g/mol. The first-order valence-electron chi connectivity index (χ1n) is 3.91. The molecule has 1 heterocycles. The Balaban J connectivity index is 2.77. The van der Waals surface area contributed by atoms with Gasteiger partial charge in [-0.15, -0.1) is 11.3 Å². The van der Waals surface area contributed by atoms with E-state index in [0.717, 1.165) is 4.70 Å². The number of nitriles is 1. The number of rotatable bonds is 1. The summed E-state index contributed by atoms with van der Waals surface area (Å²) in [5, 5.41) is 11.1. The molecule has 0 bridgehead atoms. The van der Waals surface area contributed by atoms with E-state index in [0.29, 0.717) is 11.1 Å². The molecule has 0 aliphatic carbocycles. The van der Waals surface area contributed by atoms with E-state index in [9.17, 15) is 4.39 Å². The summed E-state index contributed by atoms with van der Waals surface area (Å²) in [4.78, 5) is 0. The summed E-state index contributed by atoms with van der Waals surface area (Å²) in [7, 11) is 1.54. The third-order valence-corrected chi connectivity index (χ3v) is 2.89. The Labute approximate surface area is 84.2 Å². The van der Waals surface area contributed by atoms with Gasteiger partial charge in [0.1, 0.15) is 17.6 Å². The largest absolute Gasteiger partial charge is 0.495 e. The fourth-order valence-corrected chi connectivity index (χ4v) is 2.20. The van der Waals surface area contributed by atoms with Crippen LogP contribution in [0.5, 0.6) is 5.75 Å². The zero-order chi connectivity index (χ0) is 10.1. The first-order valence-corrected chi connectivity index (χ1v) is 4.79. The van der Waals surface area contributed by atoms with Gasteiger partial charge in [-0.2, -0.15) is 5.26 Å². The molecule has 2 nitrogen and oxygen atoms in total. The van der Waals surface area contributed by atoms with Gasteiger partial charge in [0, 0.05) is 15.5 Å². The SMILES string of the molecule is COc1csc2cc(C#N)c(F)cc12. The summed E-state index contributed by atoms with van der Waals surface area (Å²) >= 11 is 1.43. The number of nitrogens with zero attached hydrogens (tertiary/aromatic N) is 1. The van der Waals surface area contributed by atoms with Crippen LogP contribution in [0.15, 0.2) is 17.5 Å². The third kappa shape index (κ3) is 1.22. The molecule has 4 heteroatoms. The molecular formula is C10H6FNOS. The maximum Gasteiger partial charge on any atom is 0.141 e. The van der Waals surface area contributed by atoms with E-state index in [2.05, 4.69) is 0 Å². The molecule has 0 saturated heterocycles. The monoisotopic (exact) mass is 207 g/mol. The van der Waals surface area contributed by atoms with Crippen molar-refractivity contribution in [2.45, 2.75) is 0 Å². The van der Waals surface area contributed by atoms with Crippen molar-refractivity contribution in [2.75, 3.05) is 7.11 Å². The maximum absolute atomic E-state index is 13.2. The second kappa shape index (κ2) is 3.28. The standard InChI is InChI=1S/C10H6FNOS/c1-13-9-5-14-10-2-6(4-12)8(11)3-7(9)10/h2-3,5H,1H3. The van der Waals surface area contributed by atoms with E-state index in [1.165, 1.54) is 30.6 Å². The Morgan fingerprint density at radius 1 is 1.50 bits per heavy atom. The summed E-state index contributed by atoms with van der Waals surface area (Å²) in [6, 6.07) is 4.68. The van der Waals surface area contributed by atoms with Crippen molar-refractivity contribution in [3.8, 4) is 11.8 Å². The van der Waals surface area contributed by atoms with Gasteiger partial charge in [0.05, 0.1) is 12.7 Å². The summed E-state index contributed by atoms with van der Waals surface area (Å²) in [5.74, 6) is 0.144. The second-order valence-corrected chi connectivity index (χ2v) is 3.66. The first-order chi connectivity index (χ1) is 6.76. The predicted molar refractivity (Wildman–Crippen MR) is 53.1 cm³/mol. The molecule has 2 rings (SSSR count). The van der Waals surface area contributed by atoms with Crippen molar-refractivity contribution >= 4 is 21.4 Å². The molecule has 0 aliphatic rings. The van der Waals surface area contributed by atoms with E-state index in [1.807, 2.05) is 0 Å². The fraction of sp³-hybridized carbons (Fsp3) is 0.100. The zero-order valence-corrected chi connectivity index (χ0v) is 8.19. The Bertz CT molecular complexity index is 527. The minimum atomic E-state index is -0.503. The van der Waals surface area contributed by atoms with Gasteiger partial charge in [-0.05, 0) is 12.1 Å². The highest BCUT2D eigenvalue weighted by atomic mass is 32.1. The number of ether oxygens (including phenoxy) is 1. The smallest absolute Gasteiger partial charge is 0.141 e. The lowest BCUT2D eigenvalue weighted by molar-refractivity contribution is 0.421. The minimum absolute atomic E-state index is 0.0713. The topological polar surface area (TPSA) is 33.0 Å². The van der Waals surface area contributed by atoms with Crippen molar-refractivity contribution in [2.24, 2.45) is 0 Å². The lowest BCUT2D eigenvalue weighted by Crippen LogP contribution is -1.84. The van der Waals surface area contributed by atoms with E-state index in [4.69, 9.17) is 10.00 Å². The number of thiophene rings is 1. The normalized spacial score (nSPS) is 10.1. The molecule has 0 amide bonds. The van der Waals surface area contributed by atoms with Crippen molar-refractivity contribution in [1.29, 1.82) is 5.26 Å². The molecule has 14 heavy (non-hydrogen) atoms. The minimum Gasteiger partial charge on any atom is -0.495 e. The Morgan fingerprint density at radius 3 is 2.93 bits per heavy atom. The quantitative estimate of drug-likeness (QED) is 0.720. The van der Waals surface area contributed by atoms with Crippen molar-refractivity contribution in [3.05, 3.63) is 28.9 Å². The van der Waals surface area contributed by atoms with Crippen LogP contribution >= 0.6 is 11.3 Å². The predicted octanol–water partition coefficient (Wildman–Crippen LogP) is 2.92. The van der Waals surface area contributed by atoms with Crippen molar-refractivity contribution in [3.63, 3.8) is 0 Å². The molecule has 70 valence electrons. The van der Waals surface area contributed by atoms with E-state index >= 15 is 0 Å². The maximum atomic E-state index is 13.2. The van der Waals surface area contributed by atoms with E-state index in [1.54, 1.807) is 11.4 Å². The molecule has 0 saturated carbocycles. The van der Waals surface area contributed by atoms with Gasteiger partial charge in [-0.3, -0.25) is 0 Å². The molecule has 0 fully saturated rings. The number of hydrogen-bond acceptors (Lipinski definition) is 3. The van der Waals surface area contributed by atoms with Crippen LogP contribution in [-0.4, -0.2) is 7.11 Å². The molecule has 0 atom stereocenters. The number of hydrogen-bond donors (Lipinski definition) is 0. The summed E-state index contributed by atoms with van der Waals surface area (Å²) in [6.07, 6.45) is 0. The summed E-state index contributed by atoms with van der Waals surface area (Å²) in [6.45, 7) is 0. The summed E-state index contributed by atoms with van der Waals surface area (Å²) < 4.78 is 19.2. The van der Waals surface area contributed by atoms with Crippen molar-refractivity contribution in [1.82, 2.24) is 0 Å². The van der Waals surface area contributed by atoms with Crippen LogP contribution in [-0.2, 0) is 0 Å². The number of fused-ring (bicyclic) bond motifs is 1. The van der Waals surface area contributed by atoms with E-state index < -0.39 is 5.82 Å². The van der Waals surface area contributed by atoms with Crippen LogP contribution in [0.4, 0.5) is 4.39 Å². The fourth-order valence-electron chi connectivity index (χ4n) is 1.27. The lowest BCUT2D eigenvalue weighted by atomic mass is 10.2. The van der Waals surface area contributed by atoms with Crippen LogP contribution in [0.25, 0.3) is 10.1 Å². The molecule has 0 N–H and O–H groups in total. The Morgan fingerprint density at radius 2 is 2.29 bits per heavy atom. The van der Waals surface area contributed by atoms with Crippen LogP contribution in [0.3, 0.4) is 0 Å². The van der Waals surface area contributed by atoms with Crippen LogP contribution in [0.1, 0.15) is 5.56 Å². The Hall–Kier alpha value is -1.60. The van der Waals surface area contributed by atoms with Crippen LogP contribution < -0.4 is 4.74 Å². The zero-order valence-electron chi connectivity index (χ0n) is 7.37. The van der Waals surface area contributed by atoms with Crippen molar-refractivity contribution < 1.29 is 9.13 Å². The number of halogens is 1. The molecule has 2 aromatic rings. The van der Waals surface area contributed by atoms with Gasteiger partial charge in [-0.1, -0.05) is 0 Å². The highest BCUT2D eigenvalue weighted by molar-refractivity contribution is 7.17. The molecule has 0 radical (unpaired) electrons. The van der Waals surface area contributed by atoms with Crippen LogP contribution in [0, 0.1) is 17.1 Å². The van der Waals surface area contributed by atoms with Gasteiger partial charge >= 0.3 is 0 Å². The first kappa shape index (κ1) is 8.97. The summed E-state index contributed by atoms with van der Waals surface area (Å²) in [5.41, 5.74) is 0.0713. The number of methoxy groups -OCH3 is 1. The highest BCUT2D eigenvalue weighted by Gasteiger charge is 2.09. The molecular weight excluding hydrogens is 201 g/mol.